The summed E-state index contributed by atoms with van der Waals surface area (Å²) >= 11 is 3.30. The van der Waals surface area contributed by atoms with E-state index in [1.807, 2.05) is 0 Å². The van der Waals surface area contributed by atoms with Crippen molar-refractivity contribution in [3.05, 3.63) is 22.4 Å². The second kappa shape index (κ2) is 4.55. The van der Waals surface area contributed by atoms with Crippen LogP contribution in [0.5, 0.6) is 5.75 Å². The van der Waals surface area contributed by atoms with Gasteiger partial charge < -0.3 is 15.6 Å². The summed E-state index contributed by atoms with van der Waals surface area (Å²) in [5.74, 6) is 0.580. The lowest BCUT2D eigenvalue weighted by atomic mass is 10.1. The fourth-order valence-electron chi connectivity index (χ4n) is 1.04. The van der Waals surface area contributed by atoms with E-state index >= 15 is 0 Å². The molecule has 0 radical (unpaired) electrons. The van der Waals surface area contributed by atoms with Crippen molar-refractivity contribution in [1.82, 2.24) is 4.98 Å². The van der Waals surface area contributed by atoms with E-state index < -0.39 is 6.04 Å². The Morgan fingerprint density at radius 1 is 1.69 bits per heavy atom. The van der Waals surface area contributed by atoms with Crippen LogP contribution in [0.4, 0.5) is 0 Å². The van der Waals surface area contributed by atoms with Gasteiger partial charge in [-0.25, -0.2) is 0 Å². The molecule has 0 fully saturated rings. The highest BCUT2D eigenvalue weighted by molar-refractivity contribution is 9.10. The van der Waals surface area contributed by atoms with Crippen molar-refractivity contribution in [3.63, 3.8) is 0 Å². The third-order valence-electron chi connectivity index (χ3n) is 1.69. The molecule has 0 spiro atoms. The summed E-state index contributed by atoms with van der Waals surface area (Å²) in [6.45, 7) is -0.126. The minimum atomic E-state index is -0.452. The average molecular weight is 247 g/mol. The molecule has 1 aromatic heterocycles. The van der Waals surface area contributed by atoms with Gasteiger partial charge in [0.2, 0.25) is 0 Å². The third-order valence-corrected chi connectivity index (χ3v) is 2.32. The van der Waals surface area contributed by atoms with Gasteiger partial charge in [0, 0.05) is 16.2 Å². The van der Waals surface area contributed by atoms with E-state index in [0.717, 1.165) is 10.0 Å². The molecule has 72 valence electrons. The lowest BCUT2D eigenvalue weighted by molar-refractivity contribution is 0.264. The minimum absolute atomic E-state index is 0.126. The molecule has 0 bridgehead atoms. The molecule has 1 rings (SSSR count). The number of ether oxygens (including phenoxy) is 1. The first kappa shape index (κ1) is 10.4. The van der Waals surface area contributed by atoms with E-state index in [1.54, 1.807) is 12.4 Å². The fraction of sp³-hybridized carbons (Fsp3) is 0.375. The van der Waals surface area contributed by atoms with Crippen molar-refractivity contribution < 1.29 is 9.84 Å². The number of nitrogens with zero attached hydrogens (tertiary/aromatic N) is 1. The van der Waals surface area contributed by atoms with Gasteiger partial charge in [0.1, 0.15) is 5.75 Å². The minimum Gasteiger partial charge on any atom is -0.495 e. The Bertz CT molecular complexity index is 293. The van der Waals surface area contributed by atoms with Crippen molar-refractivity contribution in [2.24, 2.45) is 5.73 Å². The van der Waals surface area contributed by atoms with Gasteiger partial charge in [-0.15, -0.1) is 0 Å². The number of rotatable bonds is 3. The van der Waals surface area contributed by atoms with E-state index in [0.29, 0.717) is 5.75 Å². The van der Waals surface area contributed by atoms with Crippen LogP contribution in [-0.2, 0) is 0 Å². The highest BCUT2D eigenvalue weighted by Gasteiger charge is 2.14. The summed E-state index contributed by atoms with van der Waals surface area (Å²) in [5, 5.41) is 8.91. The number of aliphatic hydroxyl groups excluding tert-OH is 1. The van der Waals surface area contributed by atoms with Gasteiger partial charge in [-0.05, 0) is 15.9 Å². The number of halogens is 1. The quantitative estimate of drug-likeness (QED) is 0.830. The number of aliphatic hydroxyl groups is 1. The summed E-state index contributed by atoms with van der Waals surface area (Å²) in [6.07, 6.45) is 3.18. The van der Waals surface area contributed by atoms with E-state index in [-0.39, 0.29) is 6.61 Å². The number of methoxy groups -OCH3 is 1. The lowest BCUT2D eigenvalue weighted by Gasteiger charge is -2.14. The van der Waals surface area contributed by atoms with Crippen LogP contribution in [-0.4, -0.2) is 23.8 Å². The van der Waals surface area contributed by atoms with Crippen molar-refractivity contribution in [2.75, 3.05) is 13.7 Å². The van der Waals surface area contributed by atoms with Gasteiger partial charge in [0.15, 0.2) is 0 Å². The molecule has 4 nitrogen and oxygen atoms in total. The first-order chi connectivity index (χ1) is 6.20. The number of nitrogens with two attached hydrogens (primary N) is 1. The summed E-state index contributed by atoms with van der Waals surface area (Å²) in [4.78, 5) is 3.92. The van der Waals surface area contributed by atoms with Crippen LogP contribution < -0.4 is 10.5 Å². The highest BCUT2D eigenvalue weighted by Crippen LogP contribution is 2.29. The predicted octanol–water partition coefficient (Wildman–Crippen LogP) is 0.845. The Labute approximate surface area is 84.9 Å². The van der Waals surface area contributed by atoms with E-state index in [2.05, 4.69) is 20.9 Å². The second-order valence-corrected chi connectivity index (χ2v) is 3.38. The summed E-state index contributed by atoms with van der Waals surface area (Å²) in [5.41, 5.74) is 6.42. The molecular formula is C8H11BrN2O2. The van der Waals surface area contributed by atoms with E-state index in [9.17, 15) is 0 Å². The molecule has 1 aromatic rings. The van der Waals surface area contributed by atoms with Gasteiger partial charge in [0.05, 0.1) is 26.0 Å². The van der Waals surface area contributed by atoms with Gasteiger partial charge in [0.25, 0.3) is 0 Å². The highest BCUT2D eigenvalue weighted by atomic mass is 79.9. The Morgan fingerprint density at radius 2 is 2.38 bits per heavy atom. The van der Waals surface area contributed by atoms with Crippen LogP contribution in [0.3, 0.4) is 0 Å². The number of hydrogen-bond donors (Lipinski definition) is 2. The lowest BCUT2D eigenvalue weighted by Crippen LogP contribution is -2.16. The smallest absolute Gasteiger partial charge is 0.143 e. The van der Waals surface area contributed by atoms with Gasteiger partial charge >= 0.3 is 0 Å². The molecule has 3 N–H and O–H groups in total. The Kier molecular flexibility index (Phi) is 3.65. The maximum absolute atomic E-state index is 8.91. The van der Waals surface area contributed by atoms with Gasteiger partial charge in [-0.1, -0.05) is 0 Å². The number of aromatic nitrogens is 1. The van der Waals surface area contributed by atoms with Gasteiger partial charge in [-0.2, -0.15) is 0 Å². The SMILES string of the molecule is COc1cncc(Br)c1C(N)CO. The Hall–Kier alpha value is -0.650. The topological polar surface area (TPSA) is 68.4 Å². The first-order valence-electron chi connectivity index (χ1n) is 3.74. The van der Waals surface area contributed by atoms with Crippen LogP contribution in [0.2, 0.25) is 0 Å². The molecule has 5 heteroatoms. The van der Waals surface area contributed by atoms with E-state index in [1.165, 1.54) is 7.11 Å². The molecule has 0 aliphatic rings. The zero-order chi connectivity index (χ0) is 9.84. The second-order valence-electron chi connectivity index (χ2n) is 2.53. The molecule has 1 heterocycles. The summed E-state index contributed by atoms with van der Waals surface area (Å²) in [6, 6.07) is -0.452. The van der Waals surface area contributed by atoms with E-state index in [4.69, 9.17) is 15.6 Å². The Balaban J connectivity index is 3.14. The molecule has 0 saturated heterocycles. The van der Waals surface area contributed by atoms with Crippen molar-refractivity contribution in [2.45, 2.75) is 6.04 Å². The Morgan fingerprint density at radius 3 is 2.92 bits per heavy atom. The number of hydrogen-bond acceptors (Lipinski definition) is 4. The largest absolute Gasteiger partial charge is 0.495 e. The average Bonchev–Trinajstić information content (AvgIpc) is 2.16. The predicted molar refractivity (Wildman–Crippen MR) is 52.5 cm³/mol. The summed E-state index contributed by atoms with van der Waals surface area (Å²) in [7, 11) is 1.54. The molecule has 0 aliphatic heterocycles. The molecule has 1 unspecified atom stereocenters. The molecule has 0 amide bonds. The molecule has 0 aromatic carbocycles. The zero-order valence-electron chi connectivity index (χ0n) is 7.20. The maximum Gasteiger partial charge on any atom is 0.143 e. The van der Waals surface area contributed by atoms with Crippen LogP contribution in [0, 0.1) is 0 Å². The van der Waals surface area contributed by atoms with Crippen molar-refractivity contribution >= 4 is 15.9 Å². The van der Waals surface area contributed by atoms with Crippen molar-refractivity contribution in [3.8, 4) is 5.75 Å². The third kappa shape index (κ3) is 2.18. The molecule has 13 heavy (non-hydrogen) atoms. The summed E-state index contributed by atoms with van der Waals surface area (Å²) < 4.78 is 5.81. The van der Waals surface area contributed by atoms with Crippen LogP contribution >= 0.6 is 15.9 Å². The molecule has 0 saturated carbocycles. The fourth-order valence-corrected chi connectivity index (χ4v) is 1.65. The standard InChI is InChI=1S/C8H11BrN2O2/c1-13-7-3-11-2-5(9)8(7)6(10)4-12/h2-3,6,12H,4,10H2,1H3. The first-order valence-corrected chi connectivity index (χ1v) is 4.53. The van der Waals surface area contributed by atoms with Gasteiger partial charge in [-0.3, -0.25) is 4.98 Å². The van der Waals surface area contributed by atoms with Crippen LogP contribution in [0.1, 0.15) is 11.6 Å². The van der Waals surface area contributed by atoms with Crippen LogP contribution in [0.15, 0.2) is 16.9 Å². The normalized spacial score (nSPS) is 12.6. The monoisotopic (exact) mass is 246 g/mol. The molecule has 1 atom stereocenters. The van der Waals surface area contributed by atoms with Crippen LogP contribution in [0.25, 0.3) is 0 Å². The number of pyridine rings is 1. The van der Waals surface area contributed by atoms with Crippen molar-refractivity contribution in [1.29, 1.82) is 0 Å². The molecule has 0 aliphatic carbocycles. The zero-order valence-corrected chi connectivity index (χ0v) is 8.78. The molecular weight excluding hydrogens is 236 g/mol. The maximum atomic E-state index is 8.91.